The topological polar surface area (TPSA) is 30.7 Å². The average molecular weight is 312 g/mol. The maximum Gasteiger partial charge on any atom is 0.194 e. The highest BCUT2D eigenvalue weighted by Crippen LogP contribution is 2.24. The molecule has 2 heterocycles. The molecule has 0 saturated heterocycles. The van der Waals surface area contributed by atoms with Crippen molar-refractivity contribution in [2.75, 3.05) is 0 Å². The number of rotatable bonds is 2. The second-order valence-corrected chi connectivity index (χ2v) is 4.84. The van der Waals surface area contributed by atoms with Crippen LogP contribution in [0.5, 0.6) is 0 Å². The number of alkyl halides is 1. The number of imidazole rings is 1. The molecule has 0 aliphatic heterocycles. The number of fused-ring (bicyclic) bond motifs is 1. The number of hydrogen-bond acceptors (Lipinski definition) is 2. The van der Waals surface area contributed by atoms with E-state index < -0.39 is 17.5 Å². The second-order valence-electron chi connectivity index (χ2n) is 4.58. The summed E-state index contributed by atoms with van der Waals surface area (Å²) in [6.07, 6.45) is 1.61. The minimum Gasteiger partial charge on any atom is -0.279 e. The number of nitrogens with zero attached hydrogens (tertiary/aromatic N) is 3. The summed E-state index contributed by atoms with van der Waals surface area (Å²) in [6.45, 7) is 1.85. The second kappa shape index (κ2) is 5.04. The van der Waals surface area contributed by atoms with E-state index in [1.165, 1.54) is 4.57 Å². The first-order chi connectivity index (χ1) is 10.0. The van der Waals surface area contributed by atoms with Crippen LogP contribution in [0.2, 0.25) is 0 Å². The Hall–Kier alpha value is -2.08. The summed E-state index contributed by atoms with van der Waals surface area (Å²) < 4.78 is 41.4. The summed E-state index contributed by atoms with van der Waals surface area (Å²) in [7, 11) is 0. The van der Waals surface area contributed by atoms with E-state index in [-0.39, 0.29) is 11.6 Å². The molecule has 0 aliphatic rings. The van der Waals surface area contributed by atoms with Crippen molar-refractivity contribution in [3.63, 3.8) is 0 Å². The Bertz CT molecular complexity index is 822. The van der Waals surface area contributed by atoms with Gasteiger partial charge in [-0.25, -0.2) is 23.1 Å². The van der Waals surface area contributed by atoms with Gasteiger partial charge in [0.05, 0.1) is 11.6 Å². The lowest BCUT2D eigenvalue weighted by Crippen LogP contribution is -2.03. The zero-order valence-electron chi connectivity index (χ0n) is 10.9. The van der Waals surface area contributed by atoms with Crippen molar-refractivity contribution in [3.8, 4) is 5.69 Å². The Morgan fingerprint density at radius 1 is 1.14 bits per heavy atom. The van der Waals surface area contributed by atoms with Crippen molar-refractivity contribution in [1.29, 1.82) is 0 Å². The molecule has 0 amide bonds. The summed E-state index contributed by atoms with van der Waals surface area (Å²) in [4.78, 5) is 8.49. The zero-order valence-corrected chi connectivity index (χ0v) is 11.6. The quantitative estimate of drug-likeness (QED) is 0.531. The van der Waals surface area contributed by atoms with Crippen LogP contribution in [-0.4, -0.2) is 14.5 Å². The molecule has 0 fully saturated rings. The third-order valence-electron chi connectivity index (χ3n) is 3.05. The van der Waals surface area contributed by atoms with Crippen LogP contribution in [0.25, 0.3) is 16.9 Å². The lowest BCUT2D eigenvalue weighted by Gasteiger charge is -2.08. The third-order valence-corrected chi connectivity index (χ3v) is 3.29. The van der Waals surface area contributed by atoms with Crippen molar-refractivity contribution in [2.45, 2.75) is 12.8 Å². The number of halogens is 4. The van der Waals surface area contributed by atoms with Crippen molar-refractivity contribution in [3.05, 3.63) is 53.2 Å². The van der Waals surface area contributed by atoms with E-state index >= 15 is 0 Å². The first kappa shape index (κ1) is 13.9. The van der Waals surface area contributed by atoms with Gasteiger partial charge in [0.2, 0.25) is 0 Å². The van der Waals surface area contributed by atoms with Gasteiger partial charge >= 0.3 is 0 Å². The molecule has 3 aromatic rings. The number of aromatic nitrogens is 3. The van der Waals surface area contributed by atoms with Gasteiger partial charge < -0.3 is 0 Å². The fraction of sp³-hybridized carbons (Fsp3) is 0.143. The number of aryl methyl sites for hydroxylation is 1. The highest BCUT2D eigenvalue weighted by Gasteiger charge is 2.17. The first-order valence-corrected chi connectivity index (χ1v) is 6.59. The van der Waals surface area contributed by atoms with Crippen LogP contribution in [0.15, 0.2) is 24.4 Å². The van der Waals surface area contributed by atoms with Gasteiger partial charge in [0, 0.05) is 18.3 Å². The molecule has 0 radical (unpaired) electrons. The van der Waals surface area contributed by atoms with Crippen LogP contribution in [0.4, 0.5) is 13.2 Å². The zero-order chi connectivity index (χ0) is 15.1. The Kier molecular flexibility index (Phi) is 3.33. The number of benzene rings is 1. The van der Waals surface area contributed by atoms with Crippen molar-refractivity contribution >= 4 is 22.8 Å². The molecule has 0 aliphatic carbocycles. The first-order valence-electron chi connectivity index (χ1n) is 6.06. The van der Waals surface area contributed by atoms with Gasteiger partial charge in [0.25, 0.3) is 0 Å². The Morgan fingerprint density at radius 2 is 1.81 bits per heavy atom. The molecule has 21 heavy (non-hydrogen) atoms. The molecule has 0 atom stereocenters. The summed E-state index contributed by atoms with van der Waals surface area (Å²) in [5.41, 5.74) is 1.93. The molecule has 0 spiro atoms. The van der Waals surface area contributed by atoms with Crippen molar-refractivity contribution in [2.24, 2.45) is 0 Å². The number of hydrogen-bond donors (Lipinski definition) is 0. The summed E-state index contributed by atoms with van der Waals surface area (Å²) in [5.74, 6) is -3.68. The molecule has 0 unspecified atom stereocenters. The highest BCUT2D eigenvalue weighted by molar-refractivity contribution is 6.16. The van der Waals surface area contributed by atoms with Crippen molar-refractivity contribution < 1.29 is 13.2 Å². The Labute approximate surface area is 123 Å². The van der Waals surface area contributed by atoms with E-state index in [9.17, 15) is 13.2 Å². The van der Waals surface area contributed by atoms with Gasteiger partial charge in [-0.05, 0) is 18.6 Å². The van der Waals surface area contributed by atoms with Gasteiger partial charge in [-0.15, -0.1) is 11.6 Å². The molecule has 108 valence electrons. The van der Waals surface area contributed by atoms with Gasteiger partial charge in [-0.3, -0.25) is 4.57 Å². The molecule has 2 aromatic heterocycles. The molecular weight excluding hydrogens is 303 g/mol. The largest absolute Gasteiger partial charge is 0.279 e. The molecule has 0 N–H and O–H groups in total. The van der Waals surface area contributed by atoms with E-state index in [4.69, 9.17) is 11.6 Å². The Morgan fingerprint density at radius 3 is 2.43 bits per heavy atom. The summed E-state index contributed by atoms with van der Waals surface area (Å²) in [5, 5.41) is 0. The molecule has 0 saturated carbocycles. The van der Waals surface area contributed by atoms with Gasteiger partial charge in [-0.2, -0.15) is 0 Å². The van der Waals surface area contributed by atoms with Crippen LogP contribution in [0.1, 0.15) is 11.4 Å². The predicted octanol–water partition coefficient (Wildman–Crippen LogP) is 3.89. The Balaban J connectivity index is 2.33. The van der Waals surface area contributed by atoms with Crippen LogP contribution in [0, 0.1) is 24.4 Å². The van der Waals surface area contributed by atoms with E-state index in [1.54, 1.807) is 12.3 Å². The van der Waals surface area contributed by atoms with Crippen molar-refractivity contribution in [1.82, 2.24) is 14.5 Å². The van der Waals surface area contributed by atoms with Gasteiger partial charge in [0.1, 0.15) is 11.3 Å². The lowest BCUT2D eigenvalue weighted by molar-refractivity contribution is 0.446. The van der Waals surface area contributed by atoms with Crippen LogP contribution >= 0.6 is 11.6 Å². The smallest absolute Gasteiger partial charge is 0.194 e. The average Bonchev–Trinajstić information content (AvgIpc) is 2.81. The lowest BCUT2D eigenvalue weighted by atomic mass is 10.2. The maximum absolute atomic E-state index is 13.4. The SMILES string of the molecule is Cc1cnc2c(c1)nc(CCl)n2-c1cc(F)c(F)c(F)c1. The maximum atomic E-state index is 13.4. The minimum atomic E-state index is -1.51. The monoisotopic (exact) mass is 311 g/mol. The molecule has 1 aromatic carbocycles. The third kappa shape index (κ3) is 2.25. The van der Waals surface area contributed by atoms with Crippen LogP contribution < -0.4 is 0 Å². The fourth-order valence-corrected chi connectivity index (χ4v) is 2.32. The predicted molar refractivity (Wildman–Crippen MR) is 73.0 cm³/mol. The minimum absolute atomic E-state index is 0.0238. The molecular formula is C14H9ClF3N3. The van der Waals surface area contributed by atoms with E-state index in [2.05, 4.69) is 9.97 Å². The van der Waals surface area contributed by atoms with Gasteiger partial charge in [0.15, 0.2) is 23.1 Å². The summed E-state index contributed by atoms with van der Waals surface area (Å²) >= 11 is 5.83. The molecule has 3 rings (SSSR count). The van der Waals surface area contributed by atoms with E-state index in [0.717, 1.165) is 17.7 Å². The van der Waals surface area contributed by atoms with Gasteiger partial charge in [-0.1, -0.05) is 0 Å². The highest BCUT2D eigenvalue weighted by atomic mass is 35.5. The van der Waals surface area contributed by atoms with E-state index in [0.29, 0.717) is 17.0 Å². The standard InChI is InChI=1S/C14H9ClF3N3/c1-7-2-11-14(19-6-7)21(12(5-15)20-11)8-3-9(16)13(18)10(17)4-8/h2-4,6H,5H2,1H3. The summed E-state index contributed by atoms with van der Waals surface area (Å²) in [6, 6.07) is 3.55. The number of pyridine rings is 1. The normalized spacial score (nSPS) is 11.3. The van der Waals surface area contributed by atoms with E-state index in [1.807, 2.05) is 6.92 Å². The fourth-order valence-electron chi connectivity index (χ4n) is 2.14. The molecule has 7 heteroatoms. The molecule has 0 bridgehead atoms. The molecule has 3 nitrogen and oxygen atoms in total. The van der Waals surface area contributed by atoms with Crippen LogP contribution in [0.3, 0.4) is 0 Å². The van der Waals surface area contributed by atoms with Crippen LogP contribution in [-0.2, 0) is 5.88 Å².